The van der Waals surface area contributed by atoms with Crippen molar-refractivity contribution >= 4 is 23.4 Å². The molecule has 1 aromatic carbocycles. The highest BCUT2D eigenvalue weighted by atomic mass is 35.5. The lowest BCUT2D eigenvalue weighted by molar-refractivity contribution is 0.240. The Hall–Kier alpha value is -1.26. The SMILES string of the molecule is Cl.c1ccc2[nH]c(OCCC3CCNCC3)nc2c1. The van der Waals surface area contributed by atoms with Gasteiger partial charge in [-0.15, -0.1) is 12.4 Å². The van der Waals surface area contributed by atoms with E-state index in [1.165, 1.54) is 12.8 Å². The topological polar surface area (TPSA) is 49.9 Å². The predicted molar refractivity (Wildman–Crippen MR) is 79.0 cm³/mol. The van der Waals surface area contributed by atoms with E-state index in [1.54, 1.807) is 0 Å². The molecule has 1 aliphatic rings. The van der Waals surface area contributed by atoms with Gasteiger partial charge in [0, 0.05) is 0 Å². The Morgan fingerprint density at radius 1 is 1.21 bits per heavy atom. The Balaban J connectivity index is 0.00000133. The first kappa shape index (κ1) is 14.2. The molecule has 4 nitrogen and oxygen atoms in total. The maximum Gasteiger partial charge on any atom is 0.294 e. The second-order valence-electron chi connectivity index (χ2n) is 4.89. The summed E-state index contributed by atoms with van der Waals surface area (Å²) in [6.45, 7) is 3.05. The fraction of sp³-hybridized carbons (Fsp3) is 0.500. The summed E-state index contributed by atoms with van der Waals surface area (Å²) in [5, 5.41) is 3.38. The molecule has 2 aromatic rings. The zero-order valence-electron chi connectivity index (χ0n) is 10.9. The molecule has 2 N–H and O–H groups in total. The van der Waals surface area contributed by atoms with Crippen molar-refractivity contribution in [2.75, 3.05) is 19.7 Å². The van der Waals surface area contributed by atoms with Crippen molar-refractivity contribution in [2.24, 2.45) is 5.92 Å². The zero-order chi connectivity index (χ0) is 12.2. The predicted octanol–water partition coefficient (Wildman–Crippen LogP) is 2.75. The van der Waals surface area contributed by atoms with Gasteiger partial charge in [-0.1, -0.05) is 12.1 Å². The van der Waals surface area contributed by atoms with Crippen molar-refractivity contribution in [3.05, 3.63) is 24.3 Å². The van der Waals surface area contributed by atoms with Gasteiger partial charge in [0.1, 0.15) is 0 Å². The van der Waals surface area contributed by atoms with Crippen molar-refractivity contribution in [1.29, 1.82) is 0 Å². The number of halogens is 1. The Morgan fingerprint density at radius 2 is 2.00 bits per heavy atom. The second kappa shape index (κ2) is 6.78. The van der Waals surface area contributed by atoms with E-state index in [0.29, 0.717) is 6.01 Å². The molecule has 2 heterocycles. The van der Waals surface area contributed by atoms with Crippen LogP contribution in [0.25, 0.3) is 11.0 Å². The van der Waals surface area contributed by atoms with Crippen molar-refractivity contribution in [3.63, 3.8) is 0 Å². The van der Waals surface area contributed by atoms with E-state index in [2.05, 4.69) is 15.3 Å². The monoisotopic (exact) mass is 281 g/mol. The standard InChI is InChI=1S/C14H19N3O.ClH/c1-2-4-13-12(3-1)16-14(17-13)18-10-7-11-5-8-15-9-6-11;/h1-4,11,15H,5-10H2,(H,16,17);1H. The summed E-state index contributed by atoms with van der Waals surface area (Å²) in [6.07, 6.45) is 3.66. The van der Waals surface area contributed by atoms with E-state index >= 15 is 0 Å². The first-order valence-electron chi connectivity index (χ1n) is 6.70. The molecule has 0 unspecified atom stereocenters. The minimum Gasteiger partial charge on any atom is -0.465 e. The number of aromatic nitrogens is 2. The number of piperidine rings is 1. The maximum absolute atomic E-state index is 5.71. The molecule has 1 fully saturated rings. The summed E-state index contributed by atoms with van der Waals surface area (Å²) in [5.74, 6) is 0.802. The fourth-order valence-corrected chi connectivity index (χ4v) is 2.49. The summed E-state index contributed by atoms with van der Waals surface area (Å²) >= 11 is 0. The lowest BCUT2D eigenvalue weighted by atomic mass is 9.95. The minimum atomic E-state index is 0. The highest BCUT2D eigenvalue weighted by Gasteiger charge is 2.13. The van der Waals surface area contributed by atoms with E-state index in [-0.39, 0.29) is 12.4 Å². The Labute approximate surface area is 119 Å². The summed E-state index contributed by atoms with van der Waals surface area (Å²) in [6, 6.07) is 8.64. The van der Waals surface area contributed by atoms with Crippen LogP contribution in [-0.4, -0.2) is 29.7 Å². The van der Waals surface area contributed by atoms with Crippen LogP contribution < -0.4 is 10.1 Å². The van der Waals surface area contributed by atoms with Gasteiger partial charge in [-0.2, -0.15) is 4.98 Å². The first-order valence-corrected chi connectivity index (χ1v) is 6.70. The number of nitrogens with one attached hydrogen (secondary N) is 2. The van der Waals surface area contributed by atoms with Crippen LogP contribution in [0.15, 0.2) is 24.3 Å². The third-order valence-corrected chi connectivity index (χ3v) is 3.59. The average molecular weight is 282 g/mol. The molecular weight excluding hydrogens is 262 g/mol. The Kier molecular flexibility index (Phi) is 5.05. The molecule has 0 aliphatic carbocycles. The fourth-order valence-electron chi connectivity index (χ4n) is 2.49. The highest BCUT2D eigenvalue weighted by Crippen LogP contribution is 2.18. The molecule has 0 saturated carbocycles. The number of imidazole rings is 1. The van der Waals surface area contributed by atoms with Crippen LogP contribution in [0.1, 0.15) is 19.3 Å². The lowest BCUT2D eigenvalue weighted by Crippen LogP contribution is -2.28. The molecule has 3 rings (SSSR count). The van der Waals surface area contributed by atoms with Crippen LogP contribution in [0, 0.1) is 5.92 Å². The minimum absolute atomic E-state index is 0. The van der Waals surface area contributed by atoms with Gasteiger partial charge in [-0.3, -0.25) is 0 Å². The molecule has 1 saturated heterocycles. The van der Waals surface area contributed by atoms with E-state index < -0.39 is 0 Å². The van der Waals surface area contributed by atoms with Crippen LogP contribution in [0.3, 0.4) is 0 Å². The Bertz CT molecular complexity index is 475. The van der Waals surface area contributed by atoms with Gasteiger partial charge in [0.25, 0.3) is 6.01 Å². The third kappa shape index (κ3) is 3.61. The lowest BCUT2D eigenvalue weighted by Gasteiger charge is -2.22. The number of benzene rings is 1. The summed E-state index contributed by atoms with van der Waals surface area (Å²) in [4.78, 5) is 7.59. The van der Waals surface area contributed by atoms with E-state index in [0.717, 1.165) is 43.1 Å². The third-order valence-electron chi connectivity index (χ3n) is 3.59. The second-order valence-corrected chi connectivity index (χ2v) is 4.89. The molecular formula is C14H20ClN3O. The molecule has 1 aliphatic heterocycles. The quantitative estimate of drug-likeness (QED) is 0.906. The van der Waals surface area contributed by atoms with E-state index in [9.17, 15) is 0 Å². The molecule has 0 spiro atoms. The Morgan fingerprint density at radius 3 is 2.79 bits per heavy atom. The molecule has 0 radical (unpaired) electrons. The first-order chi connectivity index (χ1) is 8.92. The number of para-hydroxylation sites is 2. The van der Waals surface area contributed by atoms with Crippen LogP contribution in [0.2, 0.25) is 0 Å². The largest absolute Gasteiger partial charge is 0.465 e. The van der Waals surface area contributed by atoms with Gasteiger partial charge in [0.2, 0.25) is 0 Å². The normalized spacial score (nSPS) is 16.2. The van der Waals surface area contributed by atoms with Gasteiger partial charge in [-0.05, 0) is 50.4 Å². The van der Waals surface area contributed by atoms with Crippen LogP contribution in [-0.2, 0) is 0 Å². The van der Waals surface area contributed by atoms with Crippen LogP contribution in [0.5, 0.6) is 6.01 Å². The summed E-state index contributed by atoms with van der Waals surface area (Å²) < 4.78 is 5.71. The van der Waals surface area contributed by atoms with Gasteiger partial charge >= 0.3 is 0 Å². The number of hydrogen-bond acceptors (Lipinski definition) is 3. The smallest absolute Gasteiger partial charge is 0.294 e. The number of aromatic amines is 1. The van der Waals surface area contributed by atoms with Gasteiger partial charge in [-0.25, -0.2) is 0 Å². The molecule has 0 amide bonds. The summed E-state index contributed by atoms with van der Waals surface area (Å²) in [7, 11) is 0. The molecule has 0 atom stereocenters. The van der Waals surface area contributed by atoms with Crippen molar-refractivity contribution in [1.82, 2.24) is 15.3 Å². The van der Waals surface area contributed by atoms with Gasteiger partial charge in [0.15, 0.2) is 0 Å². The van der Waals surface area contributed by atoms with Crippen molar-refractivity contribution < 1.29 is 4.74 Å². The molecule has 0 bridgehead atoms. The van der Waals surface area contributed by atoms with E-state index in [1.807, 2.05) is 24.3 Å². The van der Waals surface area contributed by atoms with Crippen molar-refractivity contribution in [2.45, 2.75) is 19.3 Å². The molecule has 19 heavy (non-hydrogen) atoms. The number of ether oxygens (including phenoxy) is 1. The number of H-pyrrole nitrogens is 1. The number of nitrogens with zero attached hydrogens (tertiary/aromatic N) is 1. The number of fused-ring (bicyclic) bond motifs is 1. The van der Waals surface area contributed by atoms with Gasteiger partial charge < -0.3 is 15.0 Å². The van der Waals surface area contributed by atoms with Crippen LogP contribution >= 0.6 is 12.4 Å². The number of hydrogen-bond donors (Lipinski definition) is 2. The molecule has 5 heteroatoms. The van der Waals surface area contributed by atoms with Crippen LogP contribution in [0.4, 0.5) is 0 Å². The maximum atomic E-state index is 5.71. The van der Waals surface area contributed by atoms with E-state index in [4.69, 9.17) is 4.74 Å². The van der Waals surface area contributed by atoms with Crippen molar-refractivity contribution in [3.8, 4) is 6.01 Å². The molecule has 1 aromatic heterocycles. The highest BCUT2D eigenvalue weighted by molar-refractivity contribution is 5.85. The zero-order valence-corrected chi connectivity index (χ0v) is 11.7. The average Bonchev–Trinajstić information content (AvgIpc) is 2.82. The van der Waals surface area contributed by atoms with Gasteiger partial charge in [0.05, 0.1) is 17.6 Å². The molecule has 104 valence electrons. The summed E-state index contributed by atoms with van der Waals surface area (Å²) in [5.41, 5.74) is 2.00. The number of rotatable bonds is 4.